The van der Waals surface area contributed by atoms with Crippen molar-refractivity contribution in [3.63, 3.8) is 0 Å². The minimum absolute atomic E-state index is 0.242. The van der Waals surface area contributed by atoms with Crippen molar-refractivity contribution in [2.24, 2.45) is 0 Å². The second kappa shape index (κ2) is 5.18. The Morgan fingerprint density at radius 1 is 1.62 bits per heavy atom. The van der Waals surface area contributed by atoms with Crippen molar-refractivity contribution >= 4 is 29.1 Å². The molecule has 0 spiro atoms. The molecule has 0 fully saturated rings. The summed E-state index contributed by atoms with van der Waals surface area (Å²) >= 11 is 3.10. The zero-order valence-electron chi connectivity index (χ0n) is 7.44. The van der Waals surface area contributed by atoms with Crippen molar-refractivity contribution in [2.75, 3.05) is 12.4 Å². The van der Waals surface area contributed by atoms with Crippen LogP contribution >= 0.6 is 23.1 Å². The van der Waals surface area contributed by atoms with Gasteiger partial charge in [-0.3, -0.25) is 4.79 Å². The van der Waals surface area contributed by atoms with Crippen molar-refractivity contribution < 1.29 is 9.53 Å². The van der Waals surface area contributed by atoms with E-state index >= 15 is 0 Å². The first kappa shape index (κ1) is 10.5. The molecule has 0 N–H and O–H groups in total. The number of ether oxygens (including phenoxy) is 1. The molecule has 4 nitrogen and oxygen atoms in total. The highest BCUT2D eigenvalue weighted by Gasteiger charge is 2.00. The molecule has 0 bridgehead atoms. The number of thioether (sulfide) groups is 1. The average Bonchev–Trinajstić information content (AvgIpc) is 2.45. The molecular formula is C7H10N2O2S2. The van der Waals surface area contributed by atoms with E-state index in [0.717, 1.165) is 15.1 Å². The molecule has 0 aliphatic rings. The summed E-state index contributed by atoms with van der Waals surface area (Å²) in [7, 11) is 0. The van der Waals surface area contributed by atoms with Gasteiger partial charge in [-0.05, 0) is 6.92 Å². The minimum Gasteiger partial charge on any atom is -0.465 e. The van der Waals surface area contributed by atoms with Gasteiger partial charge < -0.3 is 4.74 Å². The number of carbonyl (C=O) groups excluding carboxylic acids is 1. The van der Waals surface area contributed by atoms with Crippen molar-refractivity contribution in [3.05, 3.63) is 5.01 Å². The van der Waals surface area contributed by atoms with E-state index in [2.05, 4.69) is 10.2 Å². The Balaban J connectivity index is 2.16. The molecular weight excluding hydrogens is 208 g/mol. The summed E-state index contributed by atoms with van der Waals surface area (Å²) in [6.07, 6.45) is 0. The van der Waals surface area contributed by atoms with Crippen molar-refractivity contribution in [1.82, 2.24) is 10.2 Å². The van der Waals surface area contributed by atoms with Crippen LogP contribution in [0.4, 0.5) is 0 Å². The number of carbonyl (C=O) groups is 1. The van der Waals surface area contributed by atoms with Crippen LogP contribution in [0.15, 0.2) is 4.34 Å². The number of esters is 1. The molecule has 1 aromatic rings. The molecule has 0 aliphatic carbocycles. The van der Waals surface area contributed by atoms with Crippen LogP contribution in [0.5, 0.6) is 0 Å². The summed E-state index contributed by atoms with van der Waals surface area (Å²) in [4.78, 5) is 10.4. The summed E-state index contributed by atoms with van der Waals surface area (Å²) in [6.45, 7) is 3.74. The minimum atomic E-state index is -0.242. The number of rotatable bonds is 4. The van der Waals surface area contributed by atoms with Gasteiger partial charge in [-0.1, -0.05) is 23.1 Å². The van der Waals surface area contributed by atoms with Crippen LogP contribution in [0.1, 0.15) is 11.9 Å². The predicted molar refractivity (Wildman–Crippen MR) is 52.0 cm³/mol. The average molecular weight is 218 g/mol. The zero-order chi connectivity index (χ0) is 9.68. The van der Waals surface area contributed by atoms with E-state index in [0.29, 0.717) is 6.61 Å². The Morgan fingerprint density at radius 3 is 2.92 bits per heavy atom. The van der Waals surface area contributed by atoms with E-state index in [4.69, 9.17) is 4.74 Å². The van der Waals surface area contributed by atoms with Gasteiger partial charge in [0.25, 0.3) is 0 Å². The van der Waals surface area contributed by atoms with Crippen molar-refractivity contribution in [3.8, 4) is 0 Å². The Hall–Kier alpha value is -0.620. The van der Waals surface area contributed by atoms with Gasteiger partial charge in [0, 0.05) is 12.7 Å². The summed E-state index contributed by atoms with van der Waals surface area (Å²) in [6, 6.07) is 0. The van der Waals surface area contributed by atoms with Crippen LogP contribution < -0.4 is 0 Å². The van der Waals surface area contributed by atoms with Crippen LogP contribution in [0.25, 0.3) is 0 Å². The van der Waals surface area contributed by atoms with Crippen LogP contribution in [-0.4, -0.2) is 28.5 Å². The zero-order valence-corrected chi connectivity index (χ0v) is 9.07. The summed E-state index contributed by atoms with van der Waals surface area (Å²) < 4.78 is 5.69. The lowest BCUT2D eigenvalue weighted by Crippen LogP contribution is -2.02. The smallest absolute Gasteiger partial charge is 0.302 e. The second-order valence-corrected chi connectivity index (χ2v) is 4.80. The van der Waals surface area contributed by atoms with Crippen LogP contribution in [0, 0.1) is 6.92 Å². The van der Waals surface area contributed by atoms with E-state index in [1.165, 1.54) is 6.92 Å². The standard InChI is InChI=1S/C7H10N2O2S2/c1-5-8-9-7(13-5)12-4-3-11-6(2)10/h3-4H2,1-2H3. The summed E-state index contributed by atoms with van der Waals surface area (Å²) in [5, 5.41) is 8.75. The number of aryl methyl sites for hydroxylation is 1. The fraction of sp³-hybridized carbons (Fsp3) is 0.571. The molecule has 0 atom stereocenters. The second-order valence-electron chi connectivity index (χ2n) is 2.28. The molecule has 1 aromatic heterocycles. The van der Waals surface area contributed by atoms with Crippen molar-refractivity contribution in [2.45, 2.75) is 18.2 Å². The Kier molecular flexibility index (Phi) is 4.17. The maximum absolute atomic E-state index is 10.4. The van der Waals surface area contributed by atoms with Crippen LogP contribution in [-0.2, 0) is 9.53 Å². The Morgan fingerprint density at radius 2 is 2.38 bits per heavy atom. The van der Waals surface area contributed by atoms with Crippen LogP contribution in [0.3, 0.4) is 0 Å². The fourth-order valence-electron chi connectivity index (χ4n) is 0.651. The first-order valence-electron chi connectivity index (χ1n) is 3.75. The lowest BCUT2D eigenvalue weighted by atomic mass is 10.8. The lowest BCUT2D eigenvalue weighted by Gasteiger charge is -1.98. The SMILES string of the molecule is CC(=O)OCCSc1nnc(C)s1. The molecule has 0 unspecified atom stereocenters. The van der Waals surface area contributed by atoms with Gasteiger partial charge in [-0.25, -0.2) is 0 Å². The molecule has 0 saturated carbocycles. The third-order valence-electron chi connectivity index (χ3n) is 1.12. The van der Waals surface area contributed by atoms with Crippen molar-refractivity contribution in [1.29, 1.82) is 0 Å². The van der Waals surface area contributed by atoms with Gasteiger partial charge in [-0.2, -0.15) is 0 Å². The first-order chi connectivity index (χ1) is 6.18. The Labute approximate surface area is 84.7 Å². The van der Waals surface area contributed by atoms with Gasteiger partial charge in [0.05, 0.1) is 0 Å². The van der Waals surface area contributed by atoms with E-state index < -0.39 is 0 Å². The molecule has 72 valence electrons. The normalized spacial score (nSPS) is 10.0. The summed E-state index contributed by atoms with van der Waals surface area (Å²) in [5.74, 6) is 0.489. The largest absolute Gasteiger partial charge is 0.465 e. The number of hydrogen-bond acceptors (Lipinski definition) is 6. The maximum atomic E-state index is 10.4. The van der Waals surface area contributed by atoms with E-state index in [1.54, 1.807) is 23.1 Å². The van der Waals surface area contributed by atoms with E-state index in [9.17, 15) is 4.79 Å². The molecule has 0 radical (unpaired) electrons. The molecule has 13 heavy (non-hydrogen) atoms. The quantitative estimate of drug-likeness (QED) is 0.435. The highest BCUT2D eigenvalue weighted by molar-refractivity contribution is 8.01. The third-order valence-corrected chi connectivity index (χ3v) is 3.06. The fourth-order valence-corrected chi connectivity index (χ4v) is 2.35. The highest BCUT2D eigenvalue weighted by atomic mass is 32.2. The first-order valence-corrected chi connectivity index (χ1v) is 5.55. The van der Waals surface area contributed by atoms with Gasteiger partial charge >= 0.3 is 5.97 Å². The lowest BCUT2D eigenvalue weighted by molar-refractivity contribution is -0.140. The number of hydrogen-bond donors (Lipinski definition) is 0. The third kappa shape index (κ3) is 4.23. The molecule has 0 amide bonds. The topological polar surface area (TPSA) is 52.1 Å². The molecule has 0 aliphatic heterocycles. The van der Waals surface area contributed by atoms with Gasteiger partial charge in [0.15, 0.2) is 4.34 Å². The predicted octanol–water partition coefficient (Wildman–Crippen LogP) is 1.50. The summed E-state index contributed by atoms with van der Waals surface area (Å²) in [5.41, 5.74) is 0. The van der Waals surface area contributed by atoms with Gasteiger partial charge in [-0.15, -0.1) is 10.2 Å². The van der Waals surface area contributed by atoms with Crippen LogP contribution in [0.2, 0.25) is 0 Å². The molecule has 1 rings (SSSR count). The molecule has 0 saturated heterocycles. The highest BCUT2D eigenvalue weighted by Crippen LogP contribution is 2.21. The monoisotopic (exact) mass is 218 g/mol. The Bertz CT molecular complexity index is 288. The van der Waals surface area contributed by atoms with E-state index in [-0.39, 0.29) is 5.97 Å². The van der Waals surface area contributed by atoms with Gasteiger partial charge in [0.2, 0.25) is 0 Å². The van der Waals surface area contributed by atoms with Gasteiger partial charge in [0.1, 0.15) is 11.6 Å². The molecule has 0 aromatic carbocycles. The molecule has 6 heteroatoms. The maximum Gasteiger partial charge on any atom is 0.302 e. The number of aromatic nitrogens is 2. The number of nitrogens with zero attached hydrogens (tertiary/aromatic N) is 2. The van der Waals surface area contributed by atoms with E-state index in [1.807, 2.05) is 6.92 Å². The molecule has 1 heterocycles.